The first-order valence-electron chi connectivity index (χ1n) is 6.89. The highest BCUT2D eigenvalue weighted by molar-refractivity contribution is 7.91. The Bertz CT molecular complexity index is 738. The molecule has 0 fully saturated rings. The van der Waals surface area contributed by atoms with Gasteiger partial charge in [-0.1, -0.05) is 30.3 Å². The Kier molecular flexibility index (Phi) is 3.69. The van der Waals surface area contributed by atoms with E-state index in [1.807, 2.05) is 24.3 Å². The summed E-state index contributed by atoms with van der Waals surface area (Å²) in [5.41, 5.74) is 1.90. The van der Waals surface area contributed by atoms with Gasteiger partial charge in [0.1, 0.15) is 5.75 Å². The molecule has 0 aromatic heterocycles. The fraction of sp³-hybridized carbons (Fsp3) is 0.250. The van der Waals surface area contributed by atoms with Crippen LogP contribution in [0.25, 0.3) is 0 Å². The van der Waals surface area contributed by atoms with Gasteiger partial charge in [-0.05, 0) is 35.7 Å². The highest BCUT2D eigenvalue weighted by Gasteiger charge is 2.29. The van der Waals surface area contributed by atoms with Gasteiger partial charge in [-0.15, -0.1) is 0 Å². The molecular weight excluding hydrogens is 286 g/mol. The summed E-state index contributed by atoms with van der Waals surface area (Å²) in [4.78, 5) is 0.444. The van der Waals surface area contributed by atoms with Gasteiger partial charge in [0.05, 0.1) is 10.6 Å². The number of phenolic OH excluding ortho intramolecular Hbond substituents is 1. The molecule has 1 unspecified atom stereocenters. The minimum Gasteiger partial charge on any atom is -0.508 e. The van der Waals surface area contributed by atoms with E-state index in [1.165, 1.54) is 0 Å². The van der Waals surface area contributed by atoms with Crippen LogP contribution in [0.4, 0.5) is 0 Å². The molecule has 5 heteroatoms. The molecule has 1 atom stereocenters. The van der Waals surface area contributed by atoms with E-state index in [4.69, 9.17) is 0 Å². The van der Waals surface area contributed by atoms with Crippen LogP contribution in [0.2, 0.25) is 0 Å². The SMILES string of the molecule is O=S1(=O)CCC(NCc2ccc(O)cc2)c2ccccc21. The number of hydrogen-bond acceptors (Lipinski definition) is 4. The van der Waals surface area contributed by atoms with E-state index >= 15 is 0 Å². The normalized spacial score (nSPS) is 19.9. The molecular formula is C16H17NO3S. The molecule has 0 radical (unpaired) electrons. The van der Waals surface area contributed by atoms with E-state index in [-0.39, 0.29) is 17.5 Å². The first-order valence-corrected chi connectivity index (χ1v) is 8.54. The molecule has 4 nitrogen and oxygen atoms in total. The molecule has 0 amide bonds. The zero-order valence-electron chi connectivity index (χ0n) is 11.5. The van der Waals surface area contributed by atoms with Crippen LogP contribution in [0.15, 0.2) is 53.4 Å². The number of sulfone groups is 1. The van der Waals surface area contributed by atoms with Gasteiger partial charge in [0.15, 0.2) is 9.84 Å². The summed E-state index contributed by atoms with van der Waals surface area (Å²) in [6.45, 7) is 0.638. The van der Waals surface area contributed by atoms with Crippen LogP contribution < -0.4 is 5.32 Å². The Labute approximate surface area is 124 Å². The molecule has 0 bridgehead atoms. The van der Waals surface area contributed by atoms with Crippen LogP contribution in [-0.2, 0) is 16.4 Å². The Morgan fingerprint density at radius 3 is 2.57 bits per heavy atom. The van der Waals surface area contributed by atoms with E-state index in [2.05, 4.69) is 5.32 Å². The van der Waals surface area contributed by atoms with E-state index in [9.17, 15) is 13.5 Å². The van der Waals surface area contributed by atoms with Gasteiger partial charge < -0.3 is 10.4 Å². The molecule has 0 saturated carbocycles. The van der Waals surface area contributed by atoms with Crippen molar-refractivity contribution < 1.29 is 13.5 Å². The summed E-state index contributed by atoms with van der Waals surface area (Å²) in [6, 6.07) is 14.2. The molecule has 21 heavy (non-hydrogen) atoms. The van der Waals surface area contributed by atoms with Crippen molar-refractivity contribution in [3.8, 4) is 5.75 Å². The zero-order chi connectivity index (χ0) is 14.9. The summed E-state index contributed by atoms with van der Waals surface area (Å²) < 4.78 is 24.1. The lowest BCUT2D eigenvalue weighted by atomic mass is 10.0. The van der Waals surface area contributed by atoms with Crippen LogP contribution >= 0.6 is 0 Å². The second-order valence-electron chi connectivity index (χ2n) is 5.25. The minimum absolute atomic E-state index is 0.0403. The summed E-state index contributed by atoms with van der Waals surface area (Å²) in [5.74, 6) is 0.421. The van der Waals surface area contributed by atoms with Crippen LogP contribution in [0.5, 0.6) is 5.75 Å². The zero-order valence-corrected chi connectivity index (χ0v) is 12.3. The molecule has 1 heterocycles. The molecule has 1 aliphatic rings. The van der Waals surface area contributed by atoms with Crippen molar-refractivity contribution in [1.82, 2.24) is 5.32 Å². The summed E-state index contributed by atoms with van der Waals surface area (Å²) >= 11 is 0. The molecule has 2 N–H and O–H groups in total. The van der Waals surface area contributed by atoms with Crippen molar-refractivity contribution in [2.75, 3.05) is 5.75 Å². The maximum Gasteiger partial charge on any atom is 0.178 e. The Balaban J connectivity index is 1.79. The molecule has 0 aliphatic carbocycles. The quantitative estimate of drug-likeness (QED) is 0.914. The molecule has 3 rings (SSSR count). The van der Waals surface area contributed by atoms with Crippen molar-refractivity contribution >= 4 is 9.84 Å². The third kappa shape index (κ3) is 2.94. The molecule has 2 aromatic rings. The molecule has 1 aliphatic heterocycles. The van der Waals surface area contributed by atoms with E-state index in [0.29, 0.717) is 17.9 Å². The fourth-order valence-electron chi connectivity index (χ4n) is 2.66. The van der Waals surface area contributed by atoms with Crippen molar-refractivity contribution in [2.45, 2.75) is 23.9 Å². The fourth-order valence-corrected chi connectivity index (χ4v) is 4.28. The summed E-state index contributed by atoms with van der Waals surface area (Å²) in [6.07, 6.45) is 0.581. The lowest BCUT2D eigenvalue weighted by Gasteiger charge is -2.26. The lowest BCUT2D eigenvalue weighted by Crippen LogP contribution is -2.29. The Morgan fingerprint density at radius 2 is 1.81 bits per heavy atom. The Hall–Kier alpha value is -1.85. The molecule has 2 aromatic carbocycles. The van der Waals surface area contributed by atoms with Gasteiger partial charge in [-0.25, -0.2) is 8.42 Å². The first-order chi connectivity index (χ1) is 10.1. The predicted octanol–water partition coefficient (Wildman–Crippen LogP) is 2.40. The van der Waals surface area contributed by atoms with Crippen LogP contribution in [-0.4, -0.2) is 19.3 Å². The number of benzene rings is 2. The summed E-state index contributed by atoms with van der Waals surface area (Å²) in [5, 5.41) is 12.7. The van der Waals surface area contributed by atoms with E-state index in [0.717, 1.165) is 11.1 Å². The first kappa shape index (κ1) is 14.1. The number of aromatic hydroxyl groups is 1. The van der Waals surface area contributed by atoms with Gasteiger partial charge >= 0.3 is 0 Å². The number of hydrogen-bond donors (Lipinski definition) is 2. The average Bonchev–Trinajstić information content (AvgIpc) is 2.48. The number of nitrogens with one attached hydrogen (secondary N) is 1. The van der Waals surface area contributed by atoms with Gasteiger partial charge in [0.2, 0.25) is 0 Å². The van der Waals surface area contributed by atoms with Crippen molar-refractivity contribution in [3.63, 3.8) is 0 Å². The van der Waals surface area contributed by atoms with E-state index < -0.39 is 9.84 Å². The largest absolute Gasteiger partial charge is 0.508 e. The number of phenols is 1. The third-order valence-corrected chi connectivity index (χ3v) is 5.61. The number of rotatable bonds is 3. The second kappa shape index (κ2) is 5.50. The topological polar surface area (TPSA) is 66.4 Å². The lowest BCUT2D eigenvalue weighted by molar-refractivity contribution is 0.473. The van der Waals surface area contributed by atoms with Crippen molar-refractivity contribution in [2.24, 2.45) is 0 Å². The van der Waals surface area contributed by atoms with Gasteiger partial charge in [0.25, 0.3) is 0 Å². The third-order valence-electron chi connectivity index (χ3n) is 3.79. The smallest absolute Gasteiger partial charge is 0.178 e. The van der Waals surface area contributed by atoms with E-state index in [1.54, 1.807) is 24.3 Å². The van der Waals surface area contributed by atoms with Gasteiger partial charge in [-0.2, -0.15) is 0 Å². The Morgan fingerprint density at radius 1 is 1.10 bits per heavy atom. The standard InChI is InChI=1S/C16H17NO3S/c18-13-7-5-12(6-8-13)11-17-15-9-10-21(19,20)16-4-2-1-3-14(15)16/h1-8,15,17-18H,9-11H2. The van der Waals surface area contributed by atoms with Crippen molar-refractivity contribution in [3.05, 3.63) is 59.7 Å². The average molecular weight is 303 g/mol. The highest BCUT2D eigenvalue weighted by Crippen LogP contribution is 2.32. The molecule has 0 spiro atoms. The minimum atomic E-state index is -3.14. The van der Waals surface area contributed by atoms with Crippen LogP contribution in [0.1, 0.15) is 23.6 Å². The van der Waals surface area contributed by atoms with Gasteiger partial charge in [0, 0.05) is 12.6 Å². The number of fused-ring (bicyclic) bond motifs is 1. The van der Waals surface area contributed by atoms with Crippen molar-refractivity contribution in [1.29, 1.82) is 0 Å². The predicted molar refractivity (Wildman–Crippen MR) is 80.8 cm³/mol. The maximum atomic E-state index is 12.1. The second-order valence-corrected chi connectivity index (χ2v) is 7.32. The maximum absolute atomic E-state index is 12.1. The summed E-state index contributed by atoms with van der Waals surface area (Å²) in [7, 11) is -3.14. The monoisotopic (exact) mass is 303 g/mol. The molecule has 0 saturated heterocycles. The van der Waals surface area contributed by atoms with Gasteiger partial charge in [-0.3, -0.25) is 0 Å². The highest BCUT2D eigenvalue weighted by atomic mass is 32.2. The molecule has 110 valence electrons. The van der Waals surface area contributed by atoms with Crippen LogP contribution in [0, 0.1) is 0 Å². The van der Waals surface area contributed by atoms with Crippen LogP contribution in [0.3, 0.4) is 0 Å².